The largest absolute Gasteiger partial charge is 0.237 e. The first-order valence-corrected chi connectivity index (χ1v) is 8.31. The maximum atomic E-state index is 9.25. The molecule has 0 aliphatic rings. The molecule has 1 aromatic carbocycles. The average Bonchev–Trinajstić information content (AvgIpc) is 3.01. The summed E-state index contributed by atoms with van der Waals surface area (Å²) in [6.07, 6.45) is 5.99. The lowest BCUT2D eigenvalue weighted by molar-refractivity contribution is 0.829. The minimum Gasteiger partial charge on any atom is -0.237 e. The number of nitriles is 1. The summed E-state index contributed by atoms with van der Waals surface area (Å²) in [7, 11) is 0. The second-order valence-corrected chi connectivity index (χ2v) is 5.88. The molecule has 0 spiro atoms. The molecule has 2 aromatic heterocycles. The van der Waals surface area contributed by atoms with Crippen molar-refractivity contribution in [1.82, 2.24) is 9.61 Å². The zero-order valence-electron chi connectivity index (χ0n) is 14.4. The molecule has 0 atom stereocenters. The lowest BCUT2D eigenvalue weighted by Crippen LogP contribution is -2.05. The fraction of sp³-hybridized carbons (Fsp3) is 0.238. The van der Waals surface area contributed by atoms with Crippen LogP contribution < -0.4 is 0 Å². The molecule has 120 valence electrons. The number of benzene rings is 1. The summed E-state index contributed by atoms with van der Waals surface area (Å²) in [6.45, 7) is 6.24. The number of nitrogens with zero attached hydrogens (tertiary/aromatic N) is 3. The molecule has 0 saturated carbocycles. The maximum absolute atomic E-state index is 9.25. The molecule has 3 rings (SSSR count). The highest BCUT2D eigenvalue weighted by Crippen LogP contribution is 2.32. The zero-order chi connectivity index (χ0) is 17.1. The van der Waals surface area contributed by atoms with Crippen molar-refractivity contribution in [2.45, 2.75) is 33.6 Å². The number of aryl methyl sites for hydroxylation is 2. The number of aromatic nitrogens is 2. The lowest BCUT2D eigenvalue weighted by atomic mass is 9.95. The van der Waals surface area contributed by atoms with E-state index in [0.717, 1.165) is 29.6 Å². The minimum atomic E-state index is 0.680. The van der Waals surface area contributed by atoms with Gasteiger partial charge < -0.3 is 0 Å². The quantitative estimate of drug-likeness (QED) is 0.645. The third kappa shape index (κ3) is 2.72. The van der Waals surface area contributed by atoms with Crippen molar-refractivity contribution < 1.29 is 0 Å². The van der Waals surface area contributed by atoms with Gasteiger partial charge in [-0.1, -0.05) is 31.2 Å². The van der Waals surface area contributed by atoms with Gasteiger partial charge in [0, 0.05) is 11.3 Å². The summed E-state index contributed by atoms with van der Waals surface area (Å²) >= 11 is 0. The van der Waals surface area contributed by atoms with Gasteiger partial charge in [-0.25, -0.2) is 4.52 Å². The third-order valence-electron chi connectivity index (χ3n) is 4.38. The molecular weight excluding hydrogens is 294 g/mol. The average molecular weight is 315 g/mol. The summed E-state index contributed by atoms with van der Waals surface area (Å²) in [6, 6.07) is 14.4. The highest BCUT2D eigenvalue weighted by Gasteiger charge is 2.16. The van der Waals surface area contributed by atoms with Crippen molar-refractivity contribution in [2.24, 2.45) is 0 Å². The fourth-order valence-electron chi connectivity index (χ4n) is 3.14. The Kier molecular flexibility index (Phi) is 4.48. The van der Waals surface area contributed by atoms with Crippen molar-refractivity contribution in [2.75, 3.05) is 0 Å². The smallest absolute Gasteiger partial charge is 0.0991 e. The van der Waals surface area contributed by atoms with Gasteiger partial charge >= 0.3 is 0 Å². The van der Waals surface area contributed by atoms with Crippen molar-refractivity contribution in [3.05, 3.63) is 71.1 Å². The molecule has 24 heavy (non-hydrogen) atoms. The van der Waals surface area contributed by atoms with E-state index < -0.39 is 0 Å². The van der Waals surface area contributed by atoms with Gasteiger partial charge in [-0.05, 0) is 62.1 Å². The van der Waals surface area contributed by atoms with Crippen LogP contribution >= 0.6 is 0 Å². The Morgan fingerprint density at radius 1 is 1.25 bits per heavy atom. The van der Waals surface area contributed by atoms with Gasteiger partial charge in [0.25, 0.3) is 0 Å². The Hall–Kier alpha value is -2.86. The van der Waals surface area contributed by atoms with Crippen LogP contribution in [-0.2, 0) is 12.8 Å². The van der Waals surface area contributed by atoms with E-state index in [1.807, 2.05) is 29.6 Å². The van der Waals surface area contributed by atoms with E-state index in [4.69, 9.17) is 5.10 Å². The number of hydrogen-bond donors (Lipinski definition) is 0. The van der Waals surface area contributed by atoms with Crippen LogP contribution in [0.2, 0.25) is 0 Å². The normalized spacial score (nSPS) is 11.2. The Morgan fingerprint density at radius 3 is 2.79 bits per heavy atom. The molecule has 3 nitrogen and oxygen atoms in total. The molecule has 0 aliphatic heterocycles. The predicted octanol–water partition coefficient (Wildman–Crippen LogP) is 4.86. The number of hydrogen-bond acceptors (Lipinski definition) is 2. The van der Waals surface area contributed by atoms with E-state index >= 15 is 0 Å². The van der Waals surface area contributed by atoms with Crippen LogP contribution in [0.3, 0.4) is 0 Å². The van der Waals surface area contributed by atoms with E-state index in [2.05, 4.69) is 50.3 Å². The van der Waals surface area contributed by atoms with Crippen molar-refractivity contribution in [3.63, 3.8) is 0 Å². The van der Waals surface area contributed by atoms with Crippen LogP contribution in [-0.4, -0.2) is 9.61 Å². The minimum absolute atomic E-state index is 0.680. The highest BCUT2D eigenvalue weighted by atomic mass is 15.2. The topological polar surface area (TPSA) is 41.1 Å². The molecule has 2 heterocycles. The summed E-state index contributed by atoms with van der Waals surface area (Å²) in [5, 5.41) is 14.1. The molecule has 3 heteroatoms. The third-order valence-corrected chi connectivity index (χ3v) is 4.38. The van der Waals surface area contributed by atoms with Gasteiger partial charge in [0.2, 0.25) is 0 Å². The van der Waals surface area contributed by atoms with Crippen LogP contribution in [0.25, 0.3) is 16.6 Å². The fourth-order valence-corrected chi connectivity index (χ4v) is 3.14. The molecule has 0 bridgehead atoms. The maximum Gasteiger partial charge on any atom is 0.0991 e. The first kappa shape index (κ1) is 16.0. The molecule has 0 radical (unpaired) electrons. The summed E-state index contributed by atoms with van der Waals surface area (Å²) in [4.78, 5) is 0. The van der Waals surface area contributed by atoms with E-state index in [-0.39, 0.29) is 0 Å². The van der Waals surface area contributed by atoms with Crippen molar-refractivity contribution in [3.8, 4) is 17.2 Å². The zero-order valence-corrected chi connectivity index (χ0v) is 14.4. The van der Waals surface area contributed by atoms with Crippen LogP contribution in [0.4, 0.5) is 0 Å². The number of allylic oxidation sites excluding steroid dienone is 2. The van der Waals surface area contributed by atoms with Gasteiger partial charge in [-0.3, -0.25) is 0 Å². The first-order chi connectivity index (χ1) is 11.7. The molecule has 0 N–H and O–H groups in total. The van der Waals surface area contributed by atoms with Gasteiger partial charge in [0.15, 0.2) is 0 Å². The summed E-state index contributed by atoms with van der Waals surface area (Å²) in [5.74, 6) is 0. The monoisotopic (exact) mass is 315 g/mol. The Morgan fingerprint density at radius 2 is 2.08 bits per heavy atom. The standard InChI is InChI=1S/C21H21N3/c1-4-6-10-19-15(3)23-24-18(5-2)11-12-20(24)21(19)17-9-7-8-16(13-17)14-22/h4,6-9,11-13H,5,10H2,1-3H3/b6-4+. The summed E-state index contributed by atoms with van der Waals surface area (Å²) < 4.78 is 2.04. The molecular formula is C21H21N3. The van der Waals surface area contributed by atoms with Crippen LogP contribution in [0.15, 0.2) is 48.6 Å². The van der Waals surface area contributed by atoms with E-state index in [1.54, 1.807) is 0 Å². The molecule has 0 saturated heterocycles. The molecule has 0 unspecified atom stereocenters. The Bertz CT molecular complexity index is 955. The lowest BCUT2D eigenvalue weighted by Gasteiger charge is -2.15. The van der Waals surface area contributed by atoms with Crippen LogP contribution in [0.5, 0.6) is 0 Å². The van der Waals surface area contributed by atoms with Gasteiger partial charge in [0.1, 0.15) is 0 Å². The van der Waals surface area contributed by atoms with Crippen LogP contribution in [0, 0.1) is 18.3 Å². The van der Waals surface area contributed by atoms with Gasteiger partial charge in [-0.15, -0.1) is 0 Å². The highest BCUT2D eigenvalue weighted by molar-refractivity contribution is 5.84. The van der Waals surface area contributed by atoms with Gasteiger partial charge in [-0.2, -0.15) is 10.4 Å². The Labute approximate surface area is 142 Å². The van der Waals surface area contributed by atoms with Crippen molar-refractivity contribution in [1.29, 1.82) is 5.26 Å². The molecule has 0 aliphatic carbocycles. The van der Waals surface area contributed by atoms with E-state index in [1.165, 1.54) is 16.8 Å². The second kappa shape index (κ2) is 6.72. The number of rotatable bonds is 4. The second-order valence-electron chi connectivity index (χ2n) is 5.88. The SMILES string of the molecule is C/C=C/Cc1c(C)nn2c(CC)ccc2c1-c1cccc(C#N)c1. The predicted molar refractivity (Wildman–Crippen MR) is 98.0 cm³/mol. The van der Waals surface area contributed by atoms with E-state index in [0.29, 0.717) is 5.56 Å². The molecule has 3 aromatic rings. The molecule has 0 fully saturated rings. The van der Waals surface area contributed by atoms with Crippen molar-refractivity contribution >= 4 is 5.52 Å². The van der Waals surface area contributed by atoms with E-state index in [9.17, 15) is 5.26 Å². The Balaban J connectivity index is 2.36. The summed E-state index contributed by atoms with van der Waals surface area (Å²) in [5.41, 5.74) is 7.48. The number of fused-ring (bicyclic) bond motifs is 1. The molecule has 0 amide bonds. The van der Waals surface area contributed by atoms with Crippen LogP contribution in [0.1, 0.15) is 36.4 Å². The van der Waals surface area contributed by atoms with Gasteiger partial charge in [0.05, 0.1) is 22.8 Å². The first-order valence-electron chi connectivity index (χ1n) is 8.31.